The van der Waals surface area contributed by atoms with E-state index >= 15 is 0 Å². The number of halogens is 2. The Bertz CT molecular complexity index is 609. The third-order valence-electron chi connectivity index (χ3n) is 3.40. The zero-order valence-corrected chi connectivity index (χ0v) is 13.9. The Morgan fingerprint density at radius 3 is 2.80 bits per heavy atom. The second kappa shape index (κ2) is 6.19. The molecular weight excluding hydrogens is 368 g/mol. The van der Waals surface area contributed by atoms with Gasteiger partial charge >= 0.3 is 0 Å². The van der Waals surface area contributed by atoms with Crippen LogP contribution in [0.3, 0.4) is 0 Å². The number of hydrogen-bond acceptors (Lipinski definition) is 4. The van der Waals surface area contributed by atoms with E-state index in [9.17, 15) is 13.5 Å². The van der Waals surface area contributed by atoms with Crippen LogP contribution in [0.15, 0.2) is 21.5 Å². The molecule has 5 nitrogen and oxygen atoms in total. The zero-order chi connectivity index (χ0) is 14.9. The summed E-state index contributed by atoms with van der Waals surface area (Å²) in [6.45, 7) is 0.208. The van der Waals surface area contributed by atoms with E-state index in [1.807, 2.05) is 0 Å². The Kier molecular flexibility index (Phi) is 4.96. The van der Waals surface area contributed by atoms with Gasteiger partial charge in [0.25, 0.3) is 0 Å². The van der Waals surface area contributed by atoms with Crippen LogP contribution in [-0.2, 0) is 10.0 Å². The summed E-state index contributed by atoms with van der Waals surface area (Å²) in [5, 5.41) is 9.65. The van der Waals surface area contributed by atoms with Crippen LogP contribution in [0.25, 0.3) is 0 Å². The molecule has 20 heavy (non-hydrogen) atoms. The van der Waals surface area contributed by atoms with Crippen molar-refractivity contribution in [1.29, 1.82) is 0 Å². The summed E-state index contributed by atoms with van der Waals surface area (Å²) in [7, 11) is -3.74. The van der Waals surface area contributed by atoms with Gasteiger partial charge in [0.2, 0.25) is 10.0 Å². The van der Waals surface area contributed by atoms with Crippen LogP contribution >= 0.6 is 27.5 Å². The molecular formula is C12H16BrClN2O3S. The van der Waals surface area contributed by atoms with E-state index < -0.39 is 10.0 Å². The average Bonchev–Trinajstić information content (AvgIpc) is 2.42. The summed E-state index contributed by atoms with van der Waals surface area (Å²) in [5.41, 5.74) is 6.02. The molecule has 0 radical (unpaired) electrons. The number of aliphatic hydroxyl groups excluding tert-OH is 1. The fourth-order valence-electron chi connectivity index (χ4n) is 2.37. The van der Waals surface area contributed by atoms with E-state index in [0.29, 0.717) is 17.4 Å². The molecule has 3 N–H and O–H groups in total. The summed E-state index contributed by atoms with van der Waals surface area (Å²) in [6, 6.07) is 2.48. The van der Waals surface area contributed by atoms with Crippen LogP contribution in [0.1, 0.15) is 19.3 Å². The van der Waals surface area contributed by atoms with Crippen molar-refractivity contribution in [1.82, 2.24) is 4.31 Å². The Hall–Kier alpha value is -0.340. The van der Waals surface area contributed by atoms with Gasteiger partial charge in [0.05, 0.1) is 16.0 Å². The van der Waals surface area contributed by atoms with Crippen molar-refractivity contribution in [2.75, 3.05) is 18.9 Å². The number of nitrogen functional groups attached to an aromatic ring is 1. The monoisotopic (exact) mass is 382 g/mol. The molecule has 1 aromatic carbocycles. The van der Waals surface area contributed by atoms with Crippen molar-refractivity contribution in [3.63, 3.8) is 0 Å². The molecule has 1 aliphatic heterocycles. The quantitative estimate of drug-likeness (QED) is 0.784. The molecule has 0 aliphatic carbocycles. The lowest BCUT2D eigenvalue weighted by atomic mass is 10.1. The number of piperidine rings is 1. The third kappa shape index (κ3) is 2.96. The van der Waals surface area contributed by atoms with Crippen LogP contribution < -0.4 is 5.73 Å². The largest absolute Gasteiger partial charge is 0.398 e. The highest BCUT2D eigenvalue weighted by Crippen LogP contribution is 2.35. The molecule has 2 rings (SSSR count). The maximum atomic E-state index is 12.8. The van der Waals surface area contributed by atoms with Gasteiger partial charge in [-0.15, -0.1) is 0 Å². The molecule has 1 heterocycles. The molecule has 1 atom stereocenters. The van der Waals surface area contributed by atoms with Crippen LogP contribution in [0.2, 0.25) is 5.02 Å². The van der Waals surface area contributed by atoms with E-state index in [2.05, 4.69) is 15.9 Å². The lowest BCUT2D eigenvalue weighted by molar-refractivity contribution is 0.155. The van der Waals surface area contributed by atoms with Gasteiger partial charge in [-0.1, -0.05) is 18.0 Å². The van der Waals surface area contributed by atoms with E-state index in [1.165, 1.54) is 16.4 Å². The van der Waals surface area contributed by atoms with Gasteiger partial charge in [-0.2, -0.15) is 4.31 Å². The summed E-state index contributed by atoms with van der Waals surface area (Å²) in [5.74, 6) is 0. The highest BCUT2D eigenvalue weighted by molar-refractivity contribution is 9.10. The molecule has 0 aromatic heterocycles. The standard InChI is InChI=1S/C12H16BrClN2O3S/c13-12-10(15)5-8(14)6-11(12)20(18,19)16-4-2-1-3-9(16)7-17/h5-6,9,17H,1-4,7,15H2. The minimum absolute atomic E-state index is 0.0443. The Balaban J connectivity index is 2.49. The summed E-state index contributed by atoms with van der Waals surface area (Å²) in [4.78, 5) is 0.0443. The highest BCUT2D eigenvalue weighted by Gasteiger charge is 2.34. The second-order valence-corrected chi connectivity index (χ2v) is 7.84. The number of nitrogens with two attached hydrogens (primary N) is 1. The van der Waals surface area contributed by atoms with Crippen molar-refractivity contribution >= 4 is 43.2 Å². The highest BCUT2D eigenvalue weighted by atomic mass is 79.9. The number of sulfonamides is 1. The van der Waals surface area contributed by atoms with Crippen molar-refractivity contribution in [3.8, 4) is 0 Å². The van der Waals surface area contributed by atoms with E-state index in [1.54, 1.807) is 0 Å². The normalized spacial score (nSPS) is 21.1. The first-order valence-electron chi connectivity index (χ1n) is 6.25. The van der Waals surface area contributed by atoms with Crippen LogP contribution in [0.4, 0.5) is 5.69 Å². The first-order chi connectivity index (χ1) is 9.37. The molecule has 1 unspecified atom stereocenters. The topological polar surface area (TPSA) is 83.6 Å². The smallest absolute Gasteiger partial charge is 0.244 e. The number of benzene rings is 1. The minimum Gasteiger partial charge on any atom is -0.398 e. The number of aliphatic hydroxyl groups is 1. The first-order valence-corrected chi connectivity index (χ1v) is 8.86. The number of hydrogen-bond donors (Lipinski definition) is 2. The molecule has 1 aromatic rings. The summed E-state index contributed by atoms with van der Waals surface area (Å²) in [6.07, 6.45) is 2.35. The van der Waals surface area contributed by atoms with E-state index in [4.69, 9.17) is 17.3 Å². The maximum Gasteiger partial charge on any atom is 0.244 e. The van der Waals surface area contributed by atoms with Gasteiger partial charge in [-0.05, 0) is 40.9 Å². The van der Waals surface area contributed by atoms with Gasteiger partial charge in [-0.3, -0.25) is 0 Å². The number of anilines is 1. The molecule has 0 saturated carbocycles. The van der Waals surface area contributed by atoms with Gasteiger partial charge in [-0.25, -0.2) is 8.42 Å². The predicted molar refractivity (Wildman–Crippen MR) is 82.2 cm³/mol. The van der Waals surface area contributed by atoms with Gasteiger partial charge in [0.1, 0.15) is 0 Å². The SMILES string of the molecule is Nc1cc(Cl)cc(S(=O)(=O)N2CCCCC2CO)c1Br. The molecule has 0 spiro atoms. The maximum absolute atomic E-state index is 12.8. The molecule has 1 saturated heterocycles. The van der Waals surface area contributed by atoms with Crippen molar-refractivity contribution < 1.29 is 13.5 Å². The first kappa shape index (κ1) is 16.0. The van der Waals surface area contributed by atoms with Crippen LogP contribution in [-0.4, -0.2) is 37.0 Å². The lowest BCUT2D eigenvalue weighted by Crippen LogP contribution is -2.45. The van der Waals surface area contributed by atoms with Crippen LogP contribution in [0, 0.1) is 0 Å². The lowest BCUT2D eigenvalue weighted by Gasteiger charge is -2.33. The fraction of sp³-hybridized carbons (Fsp3) is 0.500. The zero-order valence-electron chi connectivity index (χ0n) is 10.7. The van der Waals surface area contributed by atoms with E-state index in [0.717, 1.165) is 12.8 Å². The Labute approximate surface area is 131 Å². The molecule has 8 heteroatoms. The molecule has 1 aliphatic rings. The number of rotatable bonds is 3. The molecule has 112 valence electrons. The fourth-order valence-corrected chi connectivity index (χ4v) is 5.31. The van der Waals surface area contributed by atoms with Crippen molar-refractivity contribution in [2.45, 2.75) is 30.2 Å². The van der Waals surface area contributed by atoms with Crippen molar-refractivity contribution in [2.24, 2.45) is 0 Å². The van der Waals surface area contributed by atoms with Gasteiger partial charge in [0, 0.05) is 23.3 Å². The van der Waals surface area contributed by atoms with Crippen LogP contribution in [0.5, 0.6) is 0 Å². The second-order valence-electron chi connectivity index (χ2n) is 4.76. The van der Waals surface area contributed by atoms with E-state index in [-0.39, 0.29) is 28.3 Å². The average molecular weight is 384 g/mol. The molecule has 0 bridgehead atoms. The third-order valence-corrected chi connectivity index (χ3v) is 6.74. The summed E-state index contributed by atoms with van der Waals surface area (Å²) < 4.78 is 27.2. The van der Waals surface area contributed by atoms with Gasteiger partial charge < -0.3 is 10.8 Å². The summed E-state index contributed by atoms with van der Waals surface area (Å²) >= 11 is 9.11. The van der Waals surface area contributed by atoms with Crippen molar-refractivity contribution in [3.05, 3.63) is 21.6 Å². The molecule has 0 amide bonds. The minimum atomic E-state index is -3.74. The van der Waals surface area contributed by atoms with Gasteiger partial charge in [0.15, 0.2) is 0 Å². The predicted octanol–water partition coefficient (Wildman–Crippen LogP) is 2.22. The Morgan fingerprint density at radius 1 is 1.45 bits per heavy atom. The molecule has 1 fully saturated rings. The Morgan fingerprint density at radius 2 is 2.15 bits per heavy atom. The number of nitrogens with zero attached hydrogens (tertiary/aromatic N) is 1.